The van der Waals surface area contributed by atoms with Crippen LogP contribution in [0.3, 0.4) is 0 Å². The van der Waals surface area contributed by atoms with E-state index < -0.39 is 0 Å². The van der Waals surface area contributed by atoms with E-state index in [-0.39, 0.29) is 11.9 Å². The van der Waals surface area contributed by atoms with Crippen molar-refractivity contribution in [3.8, 4) is 6.07 Å². The van der Waals surface area contributed by atoms with Crippen LogP contribution in [0.4, 0.5) is 5.69 Å². The fourth-order valence-electron chi connectivity index (χ4n) is 2.26. The maximum Gasteiger partial charge on any atom is 0.244 e. The summed E-state index contributed by atoms with van der Waals surface area (Å²) in [6.07, 6.45) is 1.80. The van der Waals surface area contributed by atoms with Gasteiger partial charge in [0.15, 0.2) is 0 Å². The van der Waals surface area contributed by atoms with Gasteiger partial charge in [-0.3, -0.25) is 4.79 Å². The van der Waals surface area contributed by atoms with Crippen molar-refractivity contribution in [1.82, 2.24) is 5.32 Å². The lowest BCUT2D eigenvalue weighted by Crippen LogP contribution is -2.38. The number of carbonyl (C=O) groups is 1. The van der Waals surface area contributed by atoms with Crippen molar-refractivity contribution in [3.63, 3.8) is 0 Å². The van der Waals surface area contributed by atoms with Gasteiger partial charge >= 0.3 is 0 Å². The van der Waals surface area contributed by atoms with Gasteiger partial charge in [0.05, 0.1) is 17.3 Å². The molecule has 0 aromatic heterocycles. The average Bonchev–Trinajstić information content (AvgIpc) is 2.77. The quantitative estimate of drug-likeness (QED) is 0.926. The maximum atomic E-state index is 12.3. The first-order valence-corrected chi connectivity index (χ1v) is 7.21. The molecule has 100 valence electrons. The van der Waals surface area contributed by atoms with Gasteiger partial charge in [-0.2, -0.15) is 5.26 Å². The van der Waals surface area contributed by atoms with Crippen LogP contribution in [0.25, 0.3) is 0 Å². The first-order chi connectivity index (χ1) is 9.17. The highest BCUT2D eigenvalue weighted by Crippen LogP contribution is 2.27. The molecule has 1 N–H and O–H groups in total. The molecule has 1 atom stereocenters. The Hall–Kier alpha value is -1.38. The smallest absolute Gasteiger partial charge is 0.244 e. The fraction of sp³-hybridized carbons (Fsp3) is 0.429. The lowest BCUT2D eigenvalue weighted by atomic mass is 10.2. The van der Waals surface area contributed by atoms with Crippen LogP contribution in [0.1, 0.15) is 25.3 Å². The molecule has 1 aromatic carbocycles. The normalized spacial score (nSPS) is 18.7. The molecular formula is C14H16BrN3O. The fourth-order valence-corrected chi connectivity index (χ4v) is 2.62. The summed E-state index contributed by atoms with van der Waals surface area (Å²) in [4.78, 5) is 14.0. The standard InChI is InChI=1S/C14H16BrN3O/c1-2-6-17-12-5-7-18(14(12)19)13-4-3-11(15)8-10(13)9-16/h3-4,8,12,17H,2,5-7H2,1H3. The van der Waals surface area contributed by atoms with Gasteiger partial charge in [-0.1, -0.05) is 22.9 Å². The highest BCUT2D eigenvalue weighted by atomic mass is 79.9. The topological polar surface area (TPSA) is 56.1 Å². The predicted octanol–water partition coefficient (Wildman–Crippen LogP) is 2.43. The zero-order valence-corrected chi connectivity index (χ0v) is 12.4. The van der Waals surface area contributed by atoms with Crippen molar-refractivity contribution in [2.24, 2.45) is 0 Å². The predicted molar refractivity (Wildman–Crippen MR) is 77.9 cm³/mol. The largest absolute Gasteiger partial charge is 0.310 e. The molecule has 0 saturated carbocycles. The third-order valence-corrected chi connectivity index (χ3v) is 3.71. The van der Waals surface area contributed by atoms with Crippen molar-refractivity contribution < 1.29 is 4.79 Å². The molecule has 0 bridgehead atoms. The van der Waals surface area contributed by atoms with Crippen molar-refractivity contribution in [3.05, 3.63) is 28.2 Å². The molecule has 0 radical (unpaired) electrons. The Bertz CT molecular complexity index is 524. The van der Waals surface area contributed by atoms with E-state index in [2.05, 4.69) is 34.2 Å². The first kappa shape index (κ1) is 14.0. The van der Waals surface area contributed by atoms with Gasteiger partial charge in [0.1, 0.15) is 6.07 Å². The van der Waals surface area contributed by atoms with Crippen LogP contribution in [0.2, 0.25) is 0 Å². The molecule has 4 nitrogen and oxygen atoms in total. The van der Waals surface area contributed by atoms with Crippen LogP contribution in [-0.4, -0.2) is 25.0 Å². The number of halogens is 1. The minimum atomic E-state index is -0.116. The summed E-state index contributed by atoms with van der Waals surface area (Å²) in [6.45, 7) is 3.58. The van der Waals surface area contributed by atoms with E-state index in [4.69, 9.17) is 0 Å². The molecule has 2 rings (SSSR count). The number of nitrogens with zero attached hydrogens (tertiary/aromatic N) is 2. The van der Waals surface area contributed by atoms with E-state index in [1.807, 2.05) is 12.1 Å². The third-order valence-electron chi connectivity index (χ3n) is 3.22. The molecule has 1 aliphatic heterocycles. The Balaban J connectivity index is 2.20. The van der Waals surface area contributed by atoms with Crippen LogP contribution in [-0.2, 0) is 4.79 Å². The number of benzene rings is 1. The Morgan fingerprint density at radius 1 is 1.58 bits per heavy atom. The van der Waals surface area contributed by atoms with Gasteiger partial charge in [-0.25, -0.2) is 0 Å². The zero-order valence-electron chi connectivity index (χ0n) is 10.8. The van der Waals surface area contributed by atoms with E-state index in [9.17, 15) is 10.1 Å². The average molecular weight is 322 g/mol. The molecule has 1 aromatic rings. The van der Waals surface area contributed by atoms with E-state index >= 15 is 0 Å². The highest BCUT2D eigenvalue weighted by Gasteiger charge is 2.32. The van der Waals surface area contributed by atoms with Crippen molar-refractivity contribution in [2.45, 2.75) is 25.8 Å². The van der Waals surface area contributed by atoms with Gasteiger partial charge in [0.2, 0.25) is 5.91 Å². The van der Waals surface area contributed by atoms with Gasteiger partial charge < -0.3 is 10.2 Å². The van der Waals surface area contributed by atoms with Crippen molar-refractivity contribution >= 4 is 27.5 Å². The summed E-state index contributed by atoms with van der Waals surface area (Å²) < 4.78 is 0.847. The minimum Gasteiger partial charge on any atom is -0.310 e. The van der Waals surface area contributed by atoms with Crippen molar-refractivity contribution in [1.29, 1.82) is 5.26 Å². The third kappa shape index (κ3) is 2.96. The van der Waals surface area contributed by atoms with E-state index in [0.717, 1.165) is 23.9 Å². The van der Waals surface area contributed by atoms with Crippen LogP contribution < -0.4 is 10.2 Å². The Morgan fingerprint density at radius 2 is 2.37 bits per heavy atom. The summed E-state index contributed by atoms with van der Waals surface area (Å²) in [7, 11) is 0. The number of nitrogens with one attached hydrogen (secondary N) is 1. The SMILES string of the molecule is CCCNC1CCN(c2ccc(Br)cc2C#N)C1=O. The molecule has 0 aliphatic carbocycles. The summed E-state index contributed by atoms with van der Waals surface area (Å²) in [6, 6.07) is 7.46. The number of anilines is 1. The molecule has 1 aliphatic rings. The number of amides is 1. The van der Waals surface area contributed by atoms with E-state index in [1.54, 1.807) is 11.0 Å². The summed E-state index contributed by atoms with van der Waals surface area (Å²) in [5, 5.41) is 12.4. The van der Waals surface area contributed by atoms with Gasteiger partial charge in [-0.05, 0) is 37.6 Å². The minimum absolute atomic E-state index is 0.0623. The molecule has 1 saturated heterocycles. The summed E-state index contributed by atoms with van der Waals surface area (Å²) in [5.74, 6) is 0.0623. The summed E-state index contributed by atoms with van der Waals surface area (Å²) in [5.41, 5.74) is 1.23. The second-order valence-electron chi connectivity index (χ2n) is 4.56. The molecule has 1 unspecified atom stereocenters. The Kier molecular flexibility index (Phi) is 4.56. The first-order valence-electron chi connectivity index (χ1n) is 6.41. The van der Waals surface area contributed by atoms with Gasteiger partial charge in [0, 0.05) is 11.0 Å². The molecule has 0 spiro atoms. The van der Waals surface area contributed by atoms with E-state index in [0.29, 0.717) is 17.8 Å². The van der Waals surface area contributed by atoms with Gasteiger partial charge in [-0.15, -0.1) is 0 Å². The molecule has 1 heterocycles. The van der Waals surface area contributed by atoms with Crippen LogP contribution >= 0.6 is 15.9 Å². The molecular weight excluding hydrogens is 306 g/mol. The number of hydrogen-bond acceptors (Lipinski definition) is 3. The number of hydrogen-bond donors (Lipinski definition) is 1. The monoisotopic (exact) mass is 321 g/mol. The molecule has 1 fully saturated rings. The lowest BCUT2D eigenvalue weighted by molar-refractivity contribution is -0.118. The Morgan fingerprint density at radius 3 is 3.05 bits per heavy atom. The number of nitriles is 1. The summed E-state index contributed by atoms with van der Waals surface area (Å²) >= 11 is 3.34. The molecule has 19 heavy (non-hydrogen) atoms. The zero-order chi connectivity index (χ0) is 13.8. The van der Waals surface area contributed by atoms with Crippen LogP contribution in [0, 0.1) is 11.3 Å². The van der Waals surface area contributed by atoms with Crippen LogP contribution in [0.15, 0.2) is 22.7 Å². The number of rotatable bonds is 4. The number of carbonyl (C=O) groups excluding carboxylic acids is 1. The second kappa shape index (κ2) is 6.18. The highest BCUT2D eigenvalue weighted by molar-refractivity contribution is 9.10. The maximum absolute atomic E-state index is 12.3. The van der Waals surface area contributed by atoms with E-state index in [1.165, 1.54) is 0 Å². The van der Waals surface area contributed by atoms with Gasteiger partial charge in [0.25, 0.3) is 0 Å². The Labute approximate surface area is 121 Å². The van der Waals surface area contributed by atoms with Crippen molar-refractivity contribution in [2.75, 3.05) is 18.0 Å². The van der Waals surface area contributed by atoms with Crippen LogP contribution in [0.5, 0.6) is 0 Å². The molecule has 1 amide bonds. The second-order valence-corrected chi connectivity index (χ2v) is 5.47. The lowest BCUT2D eigenvalue weighted by Gasteiger charge is -2.18. The molecule has 5 heteroatoms.